The van der Waals surface area contributed by atoms with Crippen LogP contribution in [0.15, 0.2) is 70.2 Å². The maximum absolute atomic E-state index is 12.1. The number of carbonyl (C=O) groups is 1. The highest BCUT2D eigenvalue weighted by Crippen LogP contribution is 2.34. The van der Waals surface area contributed by atoms with E-state index in [1.807, 2.05) is 54.6 Å². The van der Waals surface area contributed by atoms with E-state index in [4.69, 9.17) is 16.1 Å². The van der Waals surface area contributed by atoms with E-state index in [9.17, 15) is 4.79 Å². The fourth-order valence-corrected chi connectivity index (χ4v) is 3.89. The predicted octanol–water partition coefficient (Wildman–Crippen LogP) is 4.68. The first-order valence-electron chi connectivity index (χ1n) is 8.70. The van der Waals surface area contributed by atoms with Crippen molar-refractivity contribution in [2.45, 2.75) is 17.7 Å². The first kappa shape index (κ1) is 18.6. The van der Waals surface area contributed by atoms with Gasteiger partial charge in [0.05, 0.1) is 16.2 Å². The van der Waals surface area contributed by atoms with Gasteiger partial charge in [-0.3, -0.25) is 4.79 Å². The van der Waals surface area contributed by atoms with Crippen LogP contribution < -0.4 is 10.6 Å². The van der Waals surface area contributed by atoms with Crippen LogP contribution in [0.4, 0.5) is 11.5 Å². The van der Waals surface area contributed by atoms with Gasteiger partial charge in [0.2, 0.25) is 0 Å². The summed E-state index contributed by atoms with van der Waals surface area (Å²) in [4.78, 5) is 17.0. The molecule has 3 heterocycles. The highest BCUT2D eigenvalue weighted by molar-refractivity contribution is 8.05. The predicted molar refractivity (Wildman–Crippen MR) is 111 cm³/mol. The van der Waals surface area contributed by atoms with Gasteiger partial charge in [0.25, 0.3) is 5.91 Å². The Hall–Kier alpha value is -2.77. The van der Waals surface area contributed by atoms with Crippen molar-refractivity contribution in [1.82, 2.24) is 15.5 Å². The first-order chi connectivity index (χ1) is 13.7. The van der Waals surface area contributed by atoms with Gasteiger partial charge in [0.1, 0.15) is 11.5 Å². The Morgan fingerprint density at radius 3 is 2.82 bits per heavy atom. The van der Waals surface area contributed by atoms with Crippen LogP contribution >= 0.6 is 23.4 Å². The second kappa shape index (κ2) is 8.50. The summed E-state index contributed by atoms with van der Waals surface area (Å²) in [5.74, 6) is 1.23. The van der Waals surface area contributed by atoms with Gasteiger partial charge in [-0.1, -0.05) is 29.4 Å². The number of pyridine rings is 1. The third-order valence-corrected chi connectivity index (χ3v) is 5.57. The molecule has 0 spiro atoms. The summed E-state index contributed by atoms with van der Waals surface area (Å²) in [5, 5.41) is 10.1. The molecule has 1 unspecified atom stereocenters. The van der Waals surface area contributed by atoms with Crippen LogP contribution in [0.3, 0.4) is 0 Å². The van der Waals surface area contributed by atoms with Crippen LogP contribution in [0, 0.1) is 0 Å². The minimum absolute atomic E-state index is 0.0623. The summed E-state index contributed by atoms with van der Waals surface area (Å²) in [6, 6.07) is 15.3. The number of amides is 1. The second-order valence-corrected chi connectivity index (χ2v) is 8.14. The van der Waals surface area contributed by atoms with E-state index in [1.165, 1.54) is 11.8 Å². The van der Waals surface area contributed by atoms with E-state index in [-0.39, 0.29) is 17.2 Å². The second-order valence-electron chi connectivity index (χ2n) is 6.11. The van der Waals surface area contributed by atoms with Gasteiger partial charge < -0.3 is 15.2 Å². The minimum atomic E-state index is -0.143. The Morgan fingerprint density at radius 1 is 1.25 bits per heavy atom. The molecule has 142 valence electrons. The third kappa shape index (κ3) is 4.55. The van der Waals surface area contributed by atoms with Gasteiger partial charge in [-0.2, -0.15) is 0 Å². The zero-order valence-electron chi connectivity index (χ0n) is 14.8. The summed E-state index contributed by atoms with van der Waals surface area (Å²) >= 11 is 7.36. The Morgan fingerprint density at radius 2 is 2.11 bits per heavy atom. The van der Waals surface area contributed by atoms with Gasteiger partial charge >= 0.3 is 0 Å². The lowest BCUT2D eigenvalue weighted by Gasteiger charge is -2.05. The smallest absolute Gasteiger partial charge is 0.257 e. The van der Waals surface area contributed by atoms with Crippen molar-refractivity contribution in [2.24, 2.45) is 0 Å². The molecule has 0 saturated carbocycles. The van der Waals surface area contributed by atoms with Gasteiger partial charge in [0, 0.05) is 23.5 Å². The average Bonchev–Trinajstić information content (AvgIpc) is 3.37. The van der Waals surface area contributed by atoms with E-state index in [2.05, 4.69) is 20.8 Å². The van der Waals surface area contributed by atoms with E-state index in [1.54, 1.807) is 6.20 Å². The molecule has 3 aromatic rings. The van der Waals surface area contributed by atoms with Crippen LogP contribution in [0.5, 0.6) is 0 Å². The molecule has 0 bridgehead atoms. The molecule has 0 saturated heterocycles. The van der Waals surface area contributed by atoms with Crippen molar-refractivity contribution in [1.29, 1.82) is 0 Å². The quantitative estimate of drug-likeness (QED) is 0.572. The summed E-state index contributed by atoms with van der Waals surface area (Å²) < 4.78 is 5.27. The monoisotopic (exact) mass is 412 g/mol. The molecular weight excluding hydrogens is 396 g/mol. The number of hydrogen-bond donors (Lipinski definition) is 2. The standard InChI is InChI=1S/C20H17ClN4O2S/c21-18-9-8-17(28-18)20(26)23-12-15-11-16(25-27-15)13-4-6-14(7-5-13)24-19-3-1-2-10-22-19/h1-8,10-11,18H,9,12H2,(H,22,24)(H,23,26). The molecule has 0 radical (unpaired) electrons. The number of allylic oxidation sites excluding steroid dienone is 1. The highest BCUT2D eigenvalue weighted by Gasteiger charge is 2.21. The molecule has 2 aromatic heterocycles. The molecule has 1 atom stereocenters. The molecule has 1 aliphatic rings. The summed E-state index contributed by atoms with van der Waals surface area (Å²) in [6.07, 6.45) is 4.29. The number of aromatic nitrogens is 2. The maximum atomic E-state index is 12.1. The largest absolute Gasteiger partial charge is 0.359 e. The van der Waals surface area contributed by atoms with Gasteiger partial charge in [-0.15, -0.1) is 23.4 Å². The lowest BCUT2D eigenvalue weighted by atomic mass is 10.1. The number of carbonyl (C=O) groups excluding carboxylic acids is 1. The number of hydrogen-bond acceptors (Lipinski definition) is 6. The van der Waals surface area contributed by atoms with Gasteiger partial charge in [-0.05, 0) is 30.7 Å². The van der Waals surface area contributed by atoms with E-state index >= 15 is 0 Å². The molecule has 0 aliphatic carbocycles. The summed E-state index contributed by atoms with van der Waals surface area (Å²) in [5.41, 5.74) is 2.56. The van der Waals surface area contributed by atoms with E-state index < -0.39 is 0 Å². The lowest BCUT2D eigenvalue weighted by molar-refractivity contribution is -0.117. The molecule has 6 nitrogen and oxygen atoms in total. The van der Waals surface area contributed by atoms with Crippen LogP contribution in [-0.2, 0) is 11.3 Å². The zero-order chi connectivity index (χ0) is 19.3. The van der Waals surface area contributed by atoms with Crippen molar-refractivity contribution < 1.29 is 9.32 Å². The molecular formula is C20H17ClN4O2S. The molecule has 4 rings (SSSR count). The Bertz CT molecular complexity index is 989. The average molecular weight is 413 g/mol. The van der Waals surface area contributed by atoms with Crippen LogP contribution in [0.2, 0.25) is 0 Å². The molecule has 1 aromatic carbocycles. The molecule has 1 aliphatic heterocycles. The number of alkyl halides is 1. The Kier molecular flexibility index (Phi) is 5.64. The molecule has 28 heavy (non-hydrogen) atoms. The molecule has 0 fully saturated rings. The van der Waals surface area contributed by atoms with Crippen molar-refractivity contribution >= 4 is 40.8 Å². The number of thioether (sulfide) groups is 1. The number of halogens is 1. The summed E-state index contributed by atoms with van der Waals surface area (Å²) in [7, 11) is 0. The topological polar surface area (TPSA) is 80.0 Å². The van der Waals surface area contributed by atoms with E-state index in [0.29, 0.717) is 22.8 Å². The first-order valence-corrected chi connectivity index (χ1v) is 10.0. The highest BCUT2D eigenvalue weighted by atomic mass is 35.5. The van der Waals surface area contributed by atoms with Crippen molar-refractivity contribution in [3.63, 3.8) is 0 Å². The SMILES string of the molecule is O=C(NCc1cc(-c2ccc(Nc3ccccn3)cc2)no1)C1=CCC(Cl)S1. The van der Waals surface area contributed by atoms with Crippen LogP contribution in [0.1, 0.15) is 12.2 Å². The number of rotatable bonds is 6. The lowest BCUT2D eigenvalue weighted by Crippen LogP contribution is -2.22. The number of anilines is 2. The Labute approximate surface area is 171 Å². The fourth-order valence-electron chi connectivity index (χ4n) is 2.68. The van der Waals surface area contributed by atoms with Gasteiger partial charge in [-0.25, -0.2) is 4.98 Å². The third-order valence-electron chi connectivity index (χ3n) is 4.07. The van der Waals surface area contributed by atoms with Crippen molar-refractivity contribution in [2.75, 3.05) is 5.32 Å². The van der Waals surface area contributed by atoms with Crippen molar-refractivity contribution in [3.05, 3.63) is 71.5 Å². The number of nitrogens with zero attached hydrogens (tertiary/aromatic N) is 2. The number of benzene rings is 1. The minimum Gasteiger partial charge on any atom is -0.359 e. The molecule has 1 amide bonds. The van der Waals surface area contributed by atoms with Crippen LogP contribution in [0.25, 0.3) is 11.3 Å². The molecule has 8 heteroatoms. The van der Waals surface area contributed by atoms with Crippen molar-refractivity contribution in [3.8, 4) is 11.3 Å². The van der Waals surface area contributed by atoms with Gasteiger partial charge in [0.15, 0.2) is 5.76 Å². The Balaban J connectivity index is 1.35. The maximum Gasteiger partial charge on any atom is 0.257 e. The number of nitrogens with one attached hydrogen (secondary N) is 2. The normalized spacial score (nSPS) is 15.9. The fraction of sp³-hybridized carbons (Fsp3) is 0.150. The van der Waals surface area contributed by atoms with E-state index in [0.717, 1.165) is 17.1 Å². The zero-order valence-corrected chi connectivity index (χ0v) is 16.3. The molecule has 2 N–H and O–H groups in total. The summed E-state index contributed by atoms with van der Waals surface area (Å²) in [6.45, 7) is 0.274. The van der Waals surface area contributed by atoms with Crippen LogP contribution in [-0.4, -0.2) is 20.8 Å².